The lowest BCUT2D eigenvalue weighted by Gasteiger charge is -2.43. The molecular formula is C16H23ClN2OS. The van der Waals surface area contributed by atoms with Crippen molar-refractivity contribution in [1.82, 2.24) is 4.90 Å². The average molecular weight is 327 g/mol. The zero-order valence-electron chi connectivity index (χ0n) is 12.5. The first-order valence-corrected chi connectivity index (χ1v) is 8.24. The molecule has 0 aromatic heterocycles. The molecule has 1 aromatic rings. The van der Waals surface area contributed by atoms with E-state index in [-0.39, 0.29) is 35.7 Å². The molecule has 2 atom stereocenters. The Hall–Kier alpha value is -0.710. The summed E-state index contributed by atoms with van der Waals surface area (Å²) in [4.78, 5) is 16.1. The third kappa shape index (κ3) is 3.08. The fourth-order valence-corrected chi connectivity index (χ4v) is 4.37. The molecule has 3 nitrogen and oxygen atoms in total. The zero-order valence-corrected chi connectivity index (χ0v) is 14.2. The van der Waals surface area contributed by atoms with Crippen LogP contribution in [0.3, 0.4) is 0 Å². The molecule has 1 fully saturated rings. The summed E-state index contributed by atoms with van der Waals surface area (Å²) in [5.74, 6) is 1.19. The normalized spacial score (nSPS) is 26.9. The summed E-state index contributed by atoms with van der Waals surface area (Å²) < 4.78 is 0. The van der Waals surface area contributed by atoms with Gasteiger partial charge in [-0.3, -0.25) is 4.79 Å². The number of nitrogens with zero attached hydrogens (tertiary/aromatic N) is 1. The van der Waals surface area contributed by atoms with E-state index in [9.17, 15) is 4.79 Å². The minimum atomic E-state index is 0. The maximum Gasteiger partial charge on any atom is 0.231 e. The number of amides is 1. The first-order valence-electron chi connectivity index (χ1n) is 7.25. The van der Waals surface area contributed by atoms with Crippen LogP contribution in [0.2, 0.25) is 0 Å². The van der Waals surface area contributed by atoms with Crippen LogP contribution in [-0.2, 0) is 4.79 Å². The molecular weight excluding hydrogens is 304 g/mol. The number of carbonyl (C=O) groups is 1. The van der Waals surface area contributed by atoms with Crippen molar-refractivity contribution in [3.8, 4) is 0 Å². The fourth-order valence-electron chi connectivity index (χ4n) is 3.15. The number of likely N-dealkylation sites (tertiary alicyclic amines) is 1. The largest absolute Gasteiger partial charge is 0.341 e. The second-order valence-electron chi connectivity index (χ2n) is 6.54. The lowest BCUT2D eigenvalue weighted by Crippen LogP contribution is -2.54. The van der Waals surface area contributed by atoms with E-state index in [1.807, 2.05) is 17.0 Å². The molecule has 0 spiro atoms. The van der Waals surface area contributed by atoms with Crippen molar-refractivity contribution in [1.29, 1.82) is 0 Å². The van der Waals surface area contributed by atoms with Gasteiger partial charge < -0.3 is 10.6 Å². The molecule has 0 radical (unpaired) electrons. The Kier molecular flexibility index (Phi) is 4.91. The molecule has 2 unspecified atom stereocenters. The number of fused-ring (bicyclic) bond motifs is 1. The van der Waals surface area contributed by atoms with E-state index in [2.05, 4.69) is 26.0 Å². The fraction of sp³-hybridized carbons (Fsp3) is 0.562. The maximum absolute atomic E-state index is 12.8. The minimum absolute atomic E-state index is 0. The monoisotopic (exact) mass is 326 g/mol. The lowest BCUT2D eigenvalue weighted by atomic mass is 9.79. The molecule has 3 rings (SSSR count). The van der Waals surface area contributed by atoms with Crippen molar-refractivity contribution >= 4 is 30.1 Å². The van der Waals surface area contributed by atoms with Crippen LogP contribution in [0.1, 0.15) is 31.7 Å². The summed E-state index contributed by atoms with van der Waals surface area (Å²) in [7, 11) is 0. The molecule has 116 valence electrons. The number of rotatable bonds is 1. The quantitative estimate of drug-likeness (QED) is 0.863. The van der Waals surface area contributed by atoms with Gasteiger partial charge in [0.1, 0.15) is 0 Å². The summed E-state index contributed by atoms with van der Waals surface area (Å²) in [6.07, 6.45) is 0.903. The summed E-state index contributed by atoms with van der Waals surface area (Å²) in [5, 5.41) is 0. The van der Waals surface area contributed by atoms with Gasteiger partial charge in [0, 0.05) is 29.8 Å². The third-order valence-corrected chi connectivity index (χ3v) is 5.80. The molecule has 5 heteroatoms. The number of halogens is 1. The number of piperidine rings is 1. The number of carbonyl (C=O) groups excluding carboxylic acids is 1. The van der Waals surface area contributed by atoms with Crippen LogP contribution in [0.15, 0.2) is 29.2 Å². The van der Waals surface area contributed by atoms with Crippen molar-refractivity contribution in [3.63, 3.8) is 0 Å². The van der Waals surface area contributed by atoms with E-state index >= 15 is 0 Å². The predicted octanol–water partition coefficient (Wildman–Crippen LogP) is 2.88. The number of thioether (sulfide) groups is 1. The smallest absolute Gasteiger partial charge is 0.231 e. The zero-order chi connectivity index (χ0) is 14.3. The maximum atomic E-state index is 12.8. The van der Waals surface area contributed by atoms with Gasteiger partial charge in [-0.2, -0.15) is 0 Å². The lowest BCUT2D eigenvalue weighted by molar-refractivity contribution is -0.135. The first-order chi connectivity index (χ1) is 9.49. The van der Waals surface area contributed by atoms with Gasteiger partial charge in [-0.1, -0.05) is 32.0 Å². The van der Waals surface area contributed by atoms with Gasteiger partial charge in [0.15, 0.2) is 0 Å². The summed E-state index contributed by atoms with van der Waals surface area (Å²) >= 11 is 1.80. The van der Waals surface area contributed by atoms with E-state index < -0.39 is 0 Å². The molecule has 0 bridgehead atoms. The van der Waals surface area contributed by atoms with E-state index in [0.717, 1.165) is 25.3 Å². The molecule has 1 amide bonds. The van der Waals surface area contributed by atoms with Crippen LogP contribution in [0.4, 0.5) is 0 Å². The standard InChI is InChI=1S/C16H22N2OS.ClH/c1-16(2)10-18(8-7-14(16)17)15(19)12-9-20-13-6-4-3-5-11(12)13;/h3-6,12,14H,7-10,17H2,1-2H3;1H. The van der Waals surface area contributed by atoms with Gasteiger partial charge in [0.2, 0.25) is 5.91 Å². The first kappa shape index (κ1) is 16.7. The van der Waals surface area contributed by atoms with Crippen LogP contribution >= 0.6 is 24.2 Å². The SMILES string of the molecule is CC1(C)CN(C(=O)C2CSc3ccccc32)CCC1N.Cl. The second kappa shape index (κ2) is 6.19. The highest BCUT2D eigenvalue weighted by Crippen LogP contribution is 2.41. The van der Waals surface area contributed by atoms with E-state index in [4.69, 9.17) is 5.73 Å². The Bertz CT molecular complexity index is 535. The number of hydrogen-bond acceptors (Lipinski definition) is 3. The molecule has 1 saturated heterocycles. The minimum Gasteiger partial charge on any atom is -0.341 e. The molecule has 2 aliphatic heterocycles. The Morgan fingerprint density at radius 2 is 2.10 bits per heavy atom. The highest BCUT2D eigenvalue weighted by atomic mass is 35.5. The van der Waals surface area contributed by atoms with Crippen LogP contribution in [-0.4, -0.2) is 35.7 Å². The highest BCUT2D eigenvalue weighted by molar-refractivity contribution is 7.99. The molecule has 0 aliphatic carbocycles. The summed E-state index contributed by atoms with van der Waals surface area (Å²) in [6.45, 7) is 5.89. The van der Waals surface area contributed by atoms with Crippen LogP contribution in [0.5, 0.6) is 0 Å². The topological polar surface area (TPSA) is 46.3 Å². The Balaban J connectivity index is 0.00000161. The molecule has 2 N–H and O–H groups in total. The Morgan fingerprint density at radius 1 is 1.38 bits per heavy atom. The van der Waals surface area contributed by atoms with Crippen LogP contribution < -0.4 is 5.73 Å². The van der Waals surface area contributed by atoms with Gasteiger partial charge in [0.05, 0.1) is 5.92 Å². The Morgan fingerprint density at radius 3 is 2.81 bits per heavy atom. The Labute approximate surface area is 137 Å². The van der Waals surface area contributed by atoms with Crippen molar-refractivity contribution in [2.45, 2.75) is 37.1 Å². The van der Waals surface area contributed by atoms with Crippen molar-refractivity contribution < 1.29 is 4.79 Å². The second-order valence-corrected chi connectivity index (χ2v) is 7.61. The average Bonchev–Trinajstić information content (AvgIpc) is 2.85. The highest BCUT2D eigenvalue weighted by Gasteiger charge is 2.39. The van der Waals surface area contributed by atoms with E-state index in [1.165, 1.54) is 10.5 Å². The van der Waals surface area contributed by atoms with Gasteiger partial charge in [0.25, 0.3) is 0 Å². The summed E-state index contributed by atoms with van der Waals surface area (Å²) in [5.41, 5.74) is 7.38. The van der Waals surface area contributed by atoms with Crippen molar-refractivity contribution in [2.75, 3.05) is 18.8 Å². The van der Waals surface area contributed by atoms with E-state index in [0.29, 0.717) is 0 Å². The van der Waals surface area contributed by atoms with E-state index in [1.54, 1.807) is 11.8 Å². The van der Waals surface area contributed by atoms with Gasteiger partial charge in [-0.15, -0.1) is 24.2 Å². The summed E-state index contributed by atoms with van der Waals surface area (Å²) in [6, 6.07) is 8.47. The number of hydrogen-bond donors (Lipinski definition) is 1. The third-order valence-electron chi connectivity index (χ3n) is 4.62. The predicted molar refractivity (Wildman–Crippen MR) is 90.1 cm³/mol. The van der Waals surface area contributed by atoms with Crippen LogP contribution in [0.25, 0.3) is 0 Å². The molecule has 2 aliphatic rings. The van der Waals surface area contributed by atoms with Gasteiger partial charge >= 0.3 is 0 Å². The van der Waals surface area contributed by atoms with Gasteiger partial charge in [-0.05, 0) is 23.5 Å². The van der Waals surface area contributed by atoms with Crippen LogP contribution in [0, 0.1) is 5.41 Å². The van der Waals surface area contributed by atoms with Gasteiger partial charge in [-0.25, -0.2) is 0 Å². The number of nitrogens with two attached hydrogens (primary N) is 1. The van der Waals surface area contributed by atoms with Crippen molar-refractivity contribution in [3.05, 3.63) is 29.8 Å². The van der Waals surface area contributed by atoms with Crippen molar-refractivity contribution in [2.24, 2.45) is 11.1 Å². The molecule has 0 saturated carbocycles. The molecule has 1 aromatic carbocycles. The number of benzene rings is 1. The molecule has 2 heterocycles. The molecule has 21 heavy (non-hydrogen) atoms.